The summed E-state index contributed by atoms with van der Waals surface area (Å²) < 4.78 is 16.1. The predicted octanol–water partition coefficient (Wildman–Crippen LogP) is 4.48. The second-order valence-electron chi connectivity index (χ2n) is 6.59. The number of hydrogen-bond acceptors (Lipinski definition) is 5. The van der Waals surface area contributed by atoms with Crippen LogP contribution >= 0.6 is 0 Å². The van der Waals surface area contributed by atoms with Crippen LogP contribution in [0.5, 0.6) is 0 Å². The van der Waals surface area contributed by atoms with Crippen LogP contribution < -0.4 is 5.32 Å². The topological polar surface area (TPSA) is 73.9 Å². The van der Waals surface area contributed by atoms with E-state index >= 15 is 0 Å². The zero-order valence-electron chi connectivity index (χ0n) is 15.4. The van der Waals surface area contributed by atoms with Gasteiger partial charge in [0, 0.05) is 19.5 Å². The average Bonchev–Trinajstić information content (AvgIpc) is 2.61. The molecule has 2 aromatic carbocycles. The Labute approximate surface area is 157 Å². The molecule has 140 valence electrons. The highest BCUT2D eigenvalue weighted by Crippen LogP contribution is 2.32. The van der Waals surface area contributed by atoms with Crippen LogP contribution in [-0.2, 0) is 25.6 Å². The molecule has 0 aromatic heterocycles. The highest BCUT2D eigenvalue weighted by atomic mass is 16.7. The van der Waals surface area contributed by atoms with E-state index in [0.29, 0.717) is 22.6 Å². The van der Waals surface area contributed by atoms with E-state index in [9.17, 15) is 9.59 Å². The Bertz CT molecular complexity index is 869. The third kappa shape index (κ3) is 4.67. The van der Waals surface area contributed by atoms with Gasteiger partial charge in [-0.1, -0.05) is 42.5 Å². The molecule has 1 heterocycles. The molecule has 0 saturated heterocycles. The van der Waals surface area contributed by atoms with Gasteiger partial charge in [0.2, 0.25) is 5.79 Å². The summed E-state index contributed by atoms with van der Waals surface area (Å²) in [6, 6.07) is 16.2. The highest BCUT2D eigenvalue weighted by molar-refractivity contribution is 6.17. The molecule has 27 heavy (non-hydrogen) atoms. The molecule has 0 unspecified atom stereocenters. The Kier molecular flexibility index (Phi) is 5.16. The summed E-state index contributed by atoms with van der Waals surface area (Å²) in [5.41, 5.74) is 2.48. The first-order valence-corrected chi connectivity index (χ1v) is 8.55. The molecule has 6 heteroatoms. The van der Waals surface area contributed by atoms with Gasteiger partial charge in [-0.25, -0.2) is 9.59 Å². The summed E-state index contributed by atoms with van der Waals surface area (Å²) in [5.74, 6) is -0.916. The molecule has 1 aliphatic rings. The summed E-state index contributed by atoms with van der Waals surface area (Å²) in [6.07, 6.45) is -0.552. The van der Waals surface area contributed by atoms with E-state index in [4.69, 9.17) is 14.2 Å². The van der Waals surface area contributed by atoms with Crippen LogP contribution in [0.1, 0.15) is 31.9 Å². The van der Waals surface area contributed by atoms with E-state index < -0.39 is 17.8 Å². The van der Waals surface area contributed by atoms with Crippen molar-refractivity contribution >= 4 is 23.3 Å². The number of allylic oxidation sites excluding steroid dienone is 1. The van der Waals surface area contributed by atoms with Gasteiger partial charge in [-0.2, -0.15) is 0 Å². The molecule has 0 bridgehead atoms. The zero-order valence-corrected chi connectivity index (χ0v) is 15.4. The average molecular weight is 367 g/mol. The van der Waals surface area contributed by atoms with Crippen molar-refractivity contribution in [2.75, 3.05) is 5.32 Å². The van der Waals surface area contributed by atoms with Crippen LogP contribution in [0.2, 0.25) is 0 Å². The number of hydrogen-bond donors (Lipinski definition) is 1. The molecule has 1 aliphatic heterocycles. The molecule has 1 N–H and O–H groups in total. The van der Waals surface area contributed by atoms with Crippen molar-refractivity contribution in [3.05, 3.63) is 71.5 Å². The molecule has 6 nitrogen and oxygen atoms in total. The van der Waals surface area contributed by atoms with Gasteiger partial charge in [-0.15, -0.1) is 0 Å². The molecule has 2 aromatic rings. The second-order valence-corrected chi connectivity index (χ2v) is 6.59. The molecule has 0 aliphatic carbocycles. The highest BCUT2D eigenvalue weighted by Gasteiger charge is 2.34. The van der Waals surface area contributed by atoms with Crippen molar-refractivity contribution in [3.8, 4) is 0 Å². The van der Waals surface area contributed by atoms with Crippen LogP contribution in [0.25, 0.3) is 5.57 Å². The van der Waals surface area contributed by atoms with Gasteiger partial charge in [0.05, 0.1) is 0 Å². The largest absolute Gasteiger partial charge is 0.457 e. The van der Waals surface area contributed by atoms with Crippen molar-refractivity contribution in [2.24, 2.45) is 0 Å². The molecule has 0 spiro atoms. The summed E-state index contributed by atoms with van der Waals surface area (Å²) in [6.45, 7) is 5.28. The number of carbonyl (C=O) groups is 2. The van der Waals surface area contributed by atoms with Gasteiger partial charge in [0.1, 0.15) is 17.9 Å². The normalized spacial score (nSPS) is 15.6. The van der Waals surface area contributed by atoms with E-state index in [0.717, 1.165) is 5.56 Å². The molecule has 0 fully saturated rings. The lowest BCUT2D eigenvalue weighted by Gasteiger charge is -2.32. The quantitative estimate of drug-likeness (QED) is 0.807. The number of ether oxygens (including phenoxy) is 3. The maximum absolute atomic E-state index is 12.3. The fourth-order valence-corrected chi connectivity index (χ4v) is 2.78. The van der Waals surface area contributed by atoms with E-state index in [2.05, 4.69) is 5.32 Å². The first-order chi connectivity index (χ1) is 12.8. The number of rotatable bonds is 4. The van der Waals surface area contributed by atoms with E-state index in [-0.39, 0.29) is 6.61 Å². The standard InChI is InChI=1S/C21H21NO5/c1-14-18(19(23)27-21(2,3)26-14)16-9-11-17(12-10-16)22-20(24)25-13-15-7-5-4-6-8-15/h4-12H,13H2,1-3H3,(H,22,24). The van der Waals surface area contributed by atoms with E-state index in [1.165, 1.54) is 0 Å². The van der Waals surface area contributed by atoms with Crippen LogP contribution in [0.15, 0.2) is 60.4 Å². The van der Waals surface area contributed by atoms with Crippen LogP contribution in [0.3, 0.4) is 0 Å². The Morgan fingerprint density at radius 3 is 2.33 bits per heavy atom. The van der Waals surface area contributed by atoms with E-state index in [1.54, 1.807) is 45.0 Å². The Morgan fingerprint density at radius 1 is 1.04 bits per heavy atom. The van der Waals surface area contributed by atoms with Crippen molar-refractivity contribution in [1.82, 2.24) is 0 Å². The Morgan fingerprint density at radius 2 is 1.70 bits per heavy atom. The van der Waals surface area contributed by atoms with Crippen molar-refractivity contribution in [1.29, 1.82) is 0 Å². The van der Waals surface area contributed by atoms with Crippen molar-refractivity contribution in [2.45, 2.75) is 33.2 Å². The van der Waals surface area contributed by atoms with Gasteiger partial charge in [-0.3, -0.25) is 5.32 Å². The van der Waals surface area contributed by atoms with Gasteiger partial charge in [0.25, 0.3) is 0 Å². The third-order valence-electron chi connectivity index (χ3n) is 3.93. The summed E-state index contributed by atoms with van der Waals surface area (Å²) in [7, 11) is 0. The number of carbonyl (C=O) groups excluding carboxylic acids is 2. The molecular weight excluding hydrogens is 346 g/mol. The Hall–Kier alpha value is -3.28. The van der Waals surface area contributed by atoms with Crippen molar-refractivity contribution < 1.29 is 23.8 Å². The fourth-order valence-electron chi connectivity index (χ4n) is 2.78. The molecule has 1 amide bonds. The molecule has 0 atom stereocenters. The van der Waals surface area contributed by atoms with Gasteiger partial charge in [-0.05, 0) is 30.2 Å². The molecule has 0 radical (unpaired) electrons. The van der Waals surface area contributed by atoms with Gasteiger partial charge in [0.15, 0.2) is 0 Å². The molecule has 0 saturated carbocycles. The molecule has 3 rings (SSSR count). The summed E-state index contributed by atoms with van der Waals surface area (Å²) in [5, 5.41) is 2.65. The monoisotopic (exact) mass is 367 g/mol. The lowest BCUT2D eigenvalue weighted by atomic mass is 10.0. The maximum atomic E-state index is 12.3. The van der Waals surface area contributed by atoms with Crippen molar-refractivity contribution in [3.63, 3.8) is 0 Å². The number of amides is 1. The van der Waals surface area contributed by atoms with E-state index in [1.807, 2.05) is 30.3 Å². The second kappa shape index (κ2) is 7.53. The SMILES string of the molecule is CC1=C(c2ccc(NC(=O)OCc3ccccc3)cc2)C(=O)OC(C)(C)O1. The minimum atomic E-state index is -0.978. The third-order valence-corrected chi connectivity index (χ3v) is 3.93. The number of nitrogens with one attached hydrogen (secondary N) is 1. The van der Waals surface area contributed by atoms with Crippen LogP contribution in [0.4, 0.5) is 10.5 Å². The minimum Gasteiger partial charge on any atom is -0.457 e. The smallest absolute Gasteiger partial charge is 0.411 e. The first kappa shape index (κ1) is 18.5. The number of benzene rings is 2. The lowest BCUT2D eigenvalue weighted by Crippen LogP contribution is -2.35. The van der Waals surface area contributed by atoms with Gasteiger partial charge >= 0.3 is 12.1 Å². The van der Waals surface area contributed by atoms with Crippen LogP contribution in [-0.4, -0.2) is 17.8 Å². The molecular formula is C21H21NO5. The zero-order chi connectivity index (χ0) is 19.4. The summed E-state index contributed by atoms with van der Waals surface area (Å²) in [4.78, 5) is 24.2. The van der Waals surface area contributed by atoms with Crippen LogP contribution in [0, 0.1) is 0 Å². The lowest BCUT2D eigenvalue weighted by molar-refractivity contribution is -0.202. The number of anilines is 1. The number of esters is 1. The minimum absolute atomic E-state index is 0.190. The predicted molar refractivity (Wildman–Crippen MR) is 101 cm³/mol. The fraction of sp³-hybridized carbons (Fsp3) is 0.238. The first-order valence-electron chi connectivity index (χ1n) is 8.55. The summed E-state index contributed by atoms with van der Waals surface area (Å²) >= 11 is 0. The Balaban J connectivity index is 1.63. The number of cyclic esters (lactones) is 1. The maximum Gasteiger partial charge on any atom is 0.411 e. The van der Waals surface area contributed by atoms with Gasteiger partial charge < -0.3 is 14.2 Å².